The second-order valence-electron chi connectivity index (χ2n) is 4.96. The summed E-state index contributed by atoms with van der Waals surface area (Å²) in [6, 6.07) is 1.66. The minimum atomic E-state index is -0.418. The maximum Gasteiger partial charge on any atom is 0.275 e. The molecule has 6 heteroatoms. The Balaban J connectivity index is 2.33. The number of aryl methyl sites for hydroxylation is 1. The number of rotatable bonds is 5. The van der Waals surface area contributed by atoms with E-state index < -0.39 is 5.91 Å². The first-order chi connectivity index (χ1) is 11.0. The molecule has 1 aromatic rings. The topological polar surface area (TPSA) is 75.2 Å². The SMILES string of the molecule is C=C/C(=C\C=C/C)c1cc(NN2C(=O)C=C(C)C2=O)nc(C)n1. The fraction of sp³-hybridized carbons (Fsp3) is 0.176. The van der Waals surface area contributed by atoms with Crippen molar-refractivity contribution < 1.29 is 9.59 Å². The molecule has 0 radical (unpaired) electrons. The number of carbonyl (C=O) groups excluding carboxylic acids is 2. The number of hydrazine groups is 1. The molecule has 2 heterocycles. The van der Waals surface area contributed by atoms with Crippen LogP contribution < -0.4 is 5.43 Å². The van der Waals surface area contributed by atoms with Gasteiger partial charge in [0.1, 0.15) is 11.6 Å². The van der Waals surface area contributed by atoms with Crippen molar-refractivity contribution in [2.75, 3.05) is 5.43 Å². The van der Waals surface area contributed by atoms with Gasteiger partial charge in [-0.15, -0.1) is 0 Å². The van der Waals surface area contributed by atoms with Crippen molar-refractivity contribution >= 4 is 23.2 Å². The third-order valence-electron chi connectivity index (χ3n) is 3.15. The quantitative estimate of drug-likeness (QED) is 0.668. The van der Waals surface area contributed by atoms with E-state index in [0.717, 1.165) is 10.6 Å². The van der Waals surface area contributed by atoms with Crippen LogP contribution in [0.5, 0.6) is 0 Å². The smallest absolute Gasteiger partial charge is 0.271 e. The molecule has 2 amide bonds. The van der Waals surface area contributed by atoms with E-state index in [9.17, 15) is 9.59 Å². The van der Waals surface area contributed by atoms with Gasteiger partial charge in [0.15, 0.2) is 0 Å². The number of anilines is 1. The Morgan fingerprint density at radius 3 is 2.61 bits per heavy atom. The Labute approximate surface area is 134 Å². The number of nitrogens with zero attached hydrogens (tertiary/aromatic N) is 3. The summed E-state index contributed by atoms with van der Waals surface area (Å²) in [5, 5.41) is 0.935. The van der Waals surface area contributed by atoms with E-state index >= 15 is 0 Å². The Kier molecular flexibility index (Phi) is 4.85. The lowest BCUT2D eigenvalue weighted by atomic mass is 10.1. The largest absolute Gasteiger partial charge is 0.275 e. The highest BCUT2D eigenvalue weighted by molar-refractivity contribution is 6.16. The lowest BCUT2D eigenvalue weighted by Crippen LogP contribution is -2.36. The molecule has 0 aromatic carbocycles. The standard InChI is InChI=1S/C17H18N4O2/c1-5-7-8-13(6-2)14-10-15(19-12(4)18-14)20-21-16(22)9-11(3)17(21)23/h5-10H,2H2,1,3-4H3,(H,18,19,20)/b7-5-,13-8+. The highest BCUT2D eigenvalue weighted by Crippen LogP contribution is 2.19. The van der Waals surface area contributed by atoms with Crippen molar-refractivity contribution in [2.45, 2.75) is 20.8 Å². The number of amides is 2. The molecular formula is C17H18N4O2. The molecule has 1 N–H and O–H groups in total. The highest BCUT2D eigenvalue weighted by Gasteiger charge is 2.29. The molecule has 0 bridgehead atoms. The third-order valence-corrected chi connectivity index (χ3v) is 3.15. The monoisotopic (exact) mass is 310 g/mol. The van der Waals surface area contributed by atoms with Crippen molar-refractivity contribution in [1.82, 2.24) is 15.0 Å². The molecule has 0 aliphatic carbocycles. The normalized spacial score (nSPS) is 15.3. The van der Waals surface area contributed by atoms with Gasteiger partial charge < -0.3 is 0 Å². The average Bonchev–Trinajstić information content (AvgIpc) is 2.74. The van der Waals surface area contributed by atoms with Gasteiger partial charge in [-0.05, 0) is 26.3 Å². The van der Waals surface area contributed by atoms with Crippen molar-refractivity contribution in [1.29, 1.82) is 0 Å². The van der Waals surface area contributed by atoms with Crippen LogP contribution >= 0.6 is 0 Å². The molecule has 6 nitrogen and oxygen atoms in total. The summed E-state index contributed by atoms with van der Waals surface area (Å²) in [7, 11) is 0. The summed E-state index contributed by atoms with van der Waals surface area (Å²) in [5.74, 6) is 0.0764. The second-order valence-corrected chi connectivity index (χ2v) is 4.96. The zero-order valence-corrected chi connectivity index (χ0v) is 13.3. The number of allylic oxidation sites excluding steroid dienone is 5. The van der Waals surface area contributed by atoms with E-state index in [1.807, 2.05) is 25.2 Å². The number of aromatic nitrogens is 2. The number of carbonyl (C=O) groups is 2. The molecule has 2 rings (SSSR count). The van der Waals surface area contributed by atoms with Crippen LogP contribution in [0.1, 0.15) is 25.4 Å². The van der Waals surface area contributed by atoms with E-state index in [1.54, 1.807) is 26.0 Å². The molecule has 0 unspecified atom stereocenters. The summed E-state index contributed by atoms with van der Waals surface area (Å²) < 4.78 is 0. The molecule has 0 atom stereocenters. The lowest BCUT2D eigenvalue weighted by Gasteiger charge is -2.17. The molecule has 1 aliphatic rings. The predicted molar refractivity (Wildman–Crippen MR) is 89.0 cm³/mol. The summed E-state index contributed by atoms with van der Waals surface area (Å²) in [6.45, 7) is 9.02. The summed E-state index contributed by atoms with van der Waals surface area (Å²) in [5.41, 5.74) is 4.58. The average molecular weight is 310 g/mol. The first kappa shape index (κ1) is 16.4. The molecular weight excluding hydrogens is 292 g/mol. The van der Waals surface area contributed by atoms with Crippen LogP contribution in [-0.2, 0) is 9.59 Å². The summed E-state index contributed by atoms with van der Waals surface area (Å²) in [6.07, 6.45) is 8.61. The number of nitrogens with one attached hydrogen (secondary N) is 1. The van der Waals surface area contributed by atoms with Gasteiger partial charge in [-0.25, -0.2) is 9.97 Å². The van der Waals surface area contributed by atoms with Crippen molar-refractivity contribution in [3.8, 4) is 0 Å². The first-order valence-corrected chi connectivity index (χ1v) is 7.11. The molecule has 1 aromatic heterocycles. The van der Waals surface area contributed by atoms with Crippen LogP contribution in [0.15, 0.2) is 48.6 Å². The zero-order chi connectivity index (χ0) is 17.0. The molecule has 0 saturated heterocycles. The lowest BCUT2D eigenvalue weighted by molar-refractivity contribution is -0.135. The Morgan fingerprint density at radius 1 is 1.30 bits per heavy atom. The molecule has 1 aliphatic heterocycles. The van der Waals surface area contributed by atoms with Gasteiger partial charge >= 0.3 is 0 Å². The van der Waals surface area contributed by atoms with Gasteiger partial charge in [0.25, 0.3) is 11.8 Å². The predicted octanol–water partition coefficient (Wildman–Crippen LogP) is 2.57. The zero-order valence-electron chi connectivity index (χ0n) is 13.3. The van der Waals surface area contributed by atoms with Crippen molar-refractivity contribution in [3.63, 3.8) is 0 Å². The van der Waals surface area contributed by atoms with E-state index in [2.05, 4.69) is 22.0 Å². The van der Waals surface area contributed by atoms with Gasteiger partial charge in [0.05, 0.1) is 5.69 Å². The minimum Gasteiger partial charge on any atom is -0.271 e. The molecule has 118 valence electrons. The minimum absolute atomic E-state index is 0.366. The van der Waals surface area contributed by atoms with Gasteiger partial charge in [-0.3, -0.25) is 15.0 Å². The van der Waals surface area contributed by atoms with Gasteiger partial charge in [0.2, 0.25) is 0 Å². The van der Waals surface area contributed by atoms with Crippen LogP contribution in [0, 0.1) is 6.92 Å². The Morgan fingerprint density at radius 2 is 2.04 bits per heavy atom. The van der Waals surface area contributed by atoms with E-state index in [0.29, 0.717) is 22.9 Å². The molecule has 0 saturated carbocycles. The third kappa shape index (κ3) is 3.60. The second kappa shape index (κ2) is 6.83. The maximum absolute atomic E-state index is 11.9. The fourth-order valence-electron chi connectivity index (χ4n) is 2.04. The number of hydrogen-bond donors (Lipinski definition) is 1. The van der Waals surface area contributed by atoms with Crippen molar-refractivity contribution in [2.24, 2.45) is 0 Å². The summed E-state index contributed by atoms with van der Waals surface area (Å²) in [4.78, 5) is 32.3. The first-order valence-electron chi connectivity index (χ1n) is 7.11. The summed E-state index contributed by atoms with van der Waals surface area (Å²) >= 11 is 0. The maximum atomic E-state index is 11.9. The van der Waals surface area contributed by atoms with Crippen LogP contribution in [0.2, 0.25) is 0 Å². The van der Waals surface area contributed by atoms with E-state index in [-0.39, 0.29) is 5.91 Å². The van der Waals surface area contributed by atoms with Crippen molar-refractivity contribution in [3.05, 3.63) is 60.1 Å². The van der Waals surface area contributed by atoms with E-state index in [4.69, 9.17) is 0 Å². The molecule has 0 fully saturated rings. The molecule has 0 spiro atoms. The van der Waals surface area contributed by atoms with Crippen LogP contribution in [0.4, 0.5) is 5.82 Å². The van der Waals surface area contributed by atoms with Crippen LogP contribution in [0.3, 0.4) is 0 Å². The van der Waals surface area contributed by atoms with Gasteiger partial charge in [-0.2, -0.15) is 5.01 Å². The van der Waals surface area contributed by atoms with E-state index in [1.165, 1.54) is 6.08 Å². The van der Waals surface area contributed by atoms with Crippen LogP contribution in [-0.4, -0.2) is 26.8 Å². The van der Waals surface area contributed by atoms with Gasteiger partial charge in [-0.1, -0.05) is 30.9 Å². The Bertz CT molecular complexity index is 760. The van der Waals surface area contributed by atoms with Gasteiger partial charge in [0, 0.05) is 17.7 Å². The highest BCUT2D eigenvalue weighted by atomic mass is 16.2. The Hall–Kier alpha value is -3.02. The van der Waals surface area contributed by atoms with Crippen LogP contribution in [0.25, 0.3) is 5.57 Å². The molecule has 23 heavy (non-hydrogen) atoms. The number of imide groups is 1. The fourth-order valence-corrected chi connectivity index (χ4v) is 2.04. The number of hydrogen-bond acceptors (Lipinski definition) is 5.